The molecule has 1 aromatic carbocycles. The highest BCUT2D eigenvalue weighted by Gasteiger charge is 2.02. The Morgan fingerprint density at radius 1 is 1.38 bits per heavy atom. The second-order valence-electron chi connectivity index (χ2n) is 3.92. The van der Waals surface area contributed by atoms with Crippen LogP contribution in [-0.2, 0) is 0 Å². The van der Waals surface area contributed by atoms with Gasteiger partial charge in [0.15, 0.2) is 0 Å². The number of aryl methyl sites for hydroxylation is 1. The first-order valence-corrected chi connectivity index (χ1v) is 5.95. The van der Waals surface area contributed by atoms with E-state index >= 15 is 0 Å². The minimum Gasteiger partial charge on any atom is -0.491 e. The van der Waals surface area contributed by atoms with E-state index in [1.54, 1.807) is 0 Å². The van der Waals surface area contributed by atoms with Gasteiger partial charge in [-0.15, -0.1) is 0 Å². The fourth-order valence-corrected chi connectivity index (χ4v) is 1.44. The Labute approximate surface area is 98.0 Å². The highest BCUT2D eigenvalue weighted by molar-refractivity contribution is 5.57. The second-order valence-corrected chi connectivity index (χ2v) is 3.92. The van der Waals surface area contributed by atoms with Crippen LogP contribution in [0.3, 0.4) is 0 Å². The van der Waals surface area contributed by atoms with Crippen LogP contribution in [0.1, 0.15) is 25.3 Å². The summed E-state index contributed by atoms with van der Waals surface area (Å²) in [5.41, 5.74) is 7.78. The lowest BCUT2D eigenvalue weighted by Crippen LogP contribution is -2.09. The van der Waals surface area contributed by atoms with Gasteiger partial charge in [-0.2, -0.15) is 0 Å². The normalized spacial score (nSPS) is 10.2. The monoisotopic (exact) mass is 222 g/mol. The minimum absolute atomic E-state index is 0.712. The lowest BCUT2D eigenvalue weighted by molar-refractivity contribution is 0.319. The zero-order valence-corrected chi connectivity index (χ0v) is 10.3. The first-order chi connectivity index (χ1) is 7.77. The molecule has 0 aliphatic heterocycles. The maximum Gasteiger partial charge on any atom is 0.142 e. The van der Waals surface area contributed by atoms with Crippen molar-refractivity contribution in [2.24, 2.45) is 5.73 Å². The molecule has 1 rings (SSSR count). The van der Waals surface area contributed by atoms with Crippen molar-refractivity contribution in [1.29, 1.82) is 0 Å². The second kappa shape index (κ2) is 7.12. The summed E-state index contributed by atoms with van der Waals surface area (Å²) in [5.74, 6) is 0.935. The number of ether oxygens (including phenoxy) is 1. The first-order valence-electron chi connectivity index (χ1n) is 5.95. The van der Waals surface area contributed by atoms with Crippen molar-refractivity contribution in [1.82, 2.24) is 0 Å². The van der Waals surface area contributed by atoms with E-state index in [0.29, 0.717) is 6.54 Å². The average molecular weight is 222 g/mol. The topological polar surface area (TPSA) is 47.3 Å². The Hall–Kier alpha value is -1.22. The molecule has 0 aromatic heterocycles. The lowest BCUT2D eigenvalue weighted by atomic mass is 10.2. The summed E-state index contributed by atoms with van der Waals surface area (Å²) in [7, 11) is 0. The van der Waals surface area contributed by atoms with Gasteiger partial charge in [-0.05, 0) is 44.0 Å². The van der Waals surface area contributed by atoms with Crippen molar-refractivity contribution < 1.29 is 4.74 Å². The van der Waals surface area contributed by atoms with Crippen molar-refractivity contribution in [2.75, 3.05) is 25.0 Å². The van der Waals surface area contributed by atoms with Gasteiger partial charge in [-0.3, -0.25) is 0 Å². The molecule has 0 spiro atoms. The van der Waals surface area contributed by atoms with E-state index in [2.05, 4.69) is 31.3 Å². The molecule has 0 bridgehead atoms. The van der Waals surface area contributed by atoms with E-state index in [1.165, 1.54) is 5.56 Å². The van der Waals surface area contributed by atoms with Crippen LogP contribution in [0.2, 0.25) is 0 Å². The molecule has 1 aromatic rings. The fourth-order valence-electron chi connectivity index (χ4n) is 1.44. The molecule has 0 saturated carbocycles. The number of rotatable bonds is 7. The predicted octanol–water partition coefficient (Wildman–Crippen LogP) is 2.54. The Bertz CT molecular complexity index is 313. The molecular formula is C13H22N2O. The Morgan fingerprint density at radius 2 is 2.19 bits per heavy atom. The number of benzene rings is 1. The van der Waals surface area contributed by atoms with Crippen molar-refractivity contribution in [3.63, 3.8) is 0 Å². The van der Waals surface area contributed by atoms with E-state index in [9.17, 15) is 0 Å². The zero-order chi connectivity index (χ0) is 11.8. The van der Waals surface area contributed by atoms with Gasteiger partial charge in [0.05, 0.1) is 12.3 Å². The van der Waals surface area contributed by atoms with E-state index in [4.69, 9.17) is 10.5 Å². The molecule has 0 aliphatic carbocycles. The number of nitrogens with two attached hydrogens (primary N) is 1. The highest BCUT2D eigenvalue weighted by Crippen LogP contribution is 2.25. The largest absolute Gasteiger partial charge is 0.491 e. The smallest absolute Gasteiger partial charge is 0.142 e. The predicted molar refractivity (Wildman–Crippen MR) is 69.1 cm³/mol. The number of anilines is 1. The standard InChI is InChI=1S/C13H22N2O/c1-3-9-16-13-6-5-11(2)10-12(13)15-8-4-7-14/h5-6,10,15H,3-4,7-9,14H2,1-2H3. The third-order valence-electron chi connectivity index (χ3n) is 2.29. The van der Waals surface area contributed by atoms with Gasteiger partial charge in [0.1, 0.15) is 5.75 Å². The molecule has 0 radical (unpaired) electrons. The zero-order valence-electron chi connectivity index (χ0n) is 10.3. The maximum atomic E-state index is 5.68. The van der Waals surface area contributed by atoms with Crippen LogP contribution in [0, 0.1) is 6.92 Å². The van der Waals surface area contributed by atoms with Crippen LogP contribution < -0.4 is 15.8 Å². The number of hydrogen-bond donors (Lipinski definition) is 2. The minimum atomic E-state index is 0.712. The molecule has 0 aliphatic rings. The van der Waals surface area contributed by atoms with E-state index in [0.717, 1.165) is 37.4 Å². The Kier molecular flexibility index (Phi) is 5.72. The highest BCUT2D eigenvalue weighted by atomic mass is 16.5. The number of nitrogens with one attached hydrogen (secondary N) is 1. The summed E-state index contributed by atoms with van der Waals surface area (Å²) < 4.78 is 5.68. The quantitative estimate of drug-likeness (QED) is 0.697. The van der Waals surface area contributed by atoms with Gasteiger partial charge in [-0.25, -0.2) is 0 Å². The summed E-state index contributed by atoms with van der Waals surface area (Å²) in [4.78, 5) is 0. The summed E-state index contributed by atoms with van der Waals surface area (Å²) in [6.07, 6.45) is 2.00. The van der Waals surface area contributed by atoms with Crippen LogP contribution in [0.15, 0.2) is 18.2 Å². The SMILES string of the molecule is CCCOc1ccc(C)cc1NCCCN. The van der Waals surface area contributed by atoms with Crippen LogP contribution in [0.4, 0.5) is 5.69 Å². The fraction of sp³-hybridized carbons (Fsp3) is 0.538. The Balaban J connectivity index is 2.65. The van der Waals surface area contributed by atoms with E-state index in [1.807, 2.05) is 6.07 Å². The van der Waals surface area contributed by atoms with E-state index < -0.39 is 0 Å². The van der Waals surface area contributed by atoms with Crippen molar-refractivity contribution in [3.8, 4) is 5.75 Å². The molecule has 0 atom stereocenters. The maximum absolute atomic E-state index is 5.68. The molecule has 16 heavy (non-hydrogen) atoms. The summed E-state index contributed by atoms with van der Waals surface area (Å²) >= 11 is 0. The van der Waals surface area contributed by atoms with Crippen LogP contribution in [0.25, 0.3) is 0 Å². The molecule has 3 nitrogen and oxygen atoms in total. The van der Waals surface area contributed by atoms with Gasteiger partial charge in [0.25, 0.3) is 0 Å². The van der Waals surface area contributed by atoms with Gasteiger partial charge in [-0.1, -0.05) is 13.0 Å². The van der Waals surface area contributed by atoms with Crippen LogP contribution in [0.5, 0.6) is 5.75 Å². The molecule has 3 N–H and O–H groups in total. The molecule has 0 saturated heterocycles. The lowest BCUT2D eigenvalue weighted by Gasteiger charge is -2.13. The summed E-state index contributed by atoms with van der Waals surface area (Å²) in [6.45, 7) is 6.55. The van der Waals surface area contributed by atoms with Gasteiger partial charge >= 0.3 is 0 Å². The van der Waals surface area contributed by atoms with Gasteiger partial charge < -0.3 is 15.8 Å². The molecule has 0 amide bonds. The number of hydrogen-bond acceptors (Lipinski definition) is 3. The molecule has 0 heterocycles. The van der Waals surface area contributed by atoms with Crippen molar-refractivity contribution in [2.45, 2.75) is 26.7 Å². The summed E-state index contributed by atoms with van der Waals surface area (Å²) in [5, 5.41) is 3.36. The van der Waals surface area contributed by atoms with Gasteiger partial charge in [0.2, 0.25) is 0 Å². The average Bonchev–Trinajstić information content (AvgIpc) is 2.28. The Morgan fingerprint density at radius 3 is 2.88 bits per heavy atom. The third-order valence-corrected chi connectivity index (χ3v) is 2.29. The van der Waals surface area contributed by atoms with Crippen LogP contribution in [-0.4, -0.2) is 19.7 Å². The molecule has 3 heteroatoms. The van der Waals surface area contributed by atoms with Crippen LogP contribution >= 0.6 is 0 Å². The molecule has 90 valence electrons. The third kappa shape index (κ3) is 4.11. The van der Waals surface area contributed by atoms with Crippen molar-refractivity contribution in [3.05, 3.63) is 23.8 Å². The molecule has 0 fully saturated rings. The summed E-state index contributed by atoms with van der Waals surface area (Å²) in [6, 6.07) is 6.20. The first kappa shape index (κ1) is 12.8. The molecule has 0 unspecified atom stereocenters. The van der Waals surface area contributed by atoms with E-state index in [-0.39, 0.29) is 0 Å². The van der Waals surface area contributed by atoms with Crippen molar-refractivity contribution >= 4 is 5.69 Å². The van der Waals surface area contributed by atoms with Gasteiger partial charge in [0, 0.05) is 6.54 Å². The molecular weight excluding hydrogens is 200 g/mol.